The van der Waals surface area contributed by atoms with Gasteiger partial charge in [-0.25, -0.2) is 4.98 Å². The quantitative estimate of drug-likeness (QED) is 0.685. The second kappa shape index (κ2) is 5.10. The minimum Gasteiger partial charge on any atom is -0.470 e. The highest BCUT2D eigenvalue weighted by Crippen LogP contribution is 2.30. The van der Waals surface area contributed by atoms with Crippen molar-refractivity contribution in [3.8, 4) is 5.19 Å². The Morgan fingerprint density at radius 2 is 2.47 bits per heavy atom. The van der Waals surface area contributed by atoms with E-state index >= 15 is 0 Å². The third-order valence-corrected chi connectivity index (χ3v) is 4.12. The van der Waals surface area contributed by atoms with Crippen LogP contribution in [0.25, 0.3) is 10.2 Å². The number of nitrogens with zero attached hydrogens (tertiary/aromatic N) is 2. The minimum atomic E-state index is -0.413. The molecule has 100 valence electrons. The molecule has 1 atom stereocenters. The van der Waals surface area contributed by atoms with Crippen molar-refractivity contribution in [2.45, 2.75) is 6.42 Å². The molecule has 0 saturated carbocycles. The van der Waals surface area contributed by atoms with E-state index in [1.807, 2.05) is 0 Å². The second-order valence-corrected chi connectivity index (χ2v) is 5.55. The molecule has 1 aliphatic rings. The van der Waals surface area contributed by atoms with E-state index in [4.69, 9.17) is 4.74 Å². The van der Waals surface area contributed by atoms with E-state index in [0.717, 1.165) is 24.2 Å². The van der Waals surface area contributed by atoms with Crippen molar-refractivity contribution in [2.75, 3.05) is 19.7 Å². The Balaban J connectivity index is 1.75. The second-order valence-electron chi connectivity index (χ2n) is 4.56. The maximum Gasteiger partial charge on any atom is 0.274 e. The lowest BCUT2D eigenvalue weighted by Gasteiger charge is -2.07. The van der Waals surface area contributed by atoms with Crippen molar-refractivity contribution in [3.63, 3.8) is 0 Å². The van der Waals surface area contributed by atoms with E-state index in [-0.39, 0.29) is 5.69 Å². The molecule has 6 nitrogen and oxygen atoms in total. The number of benzene rings is 1. The van der Waals surface area contributed by atoms with Crippen molar-refractivity contribution in [3.05, 3.63) is 28.3 Å². The summed E-state index contributed by atoms with van der Waals surface area (Å²) in [7, 11) is 0. The maximum atomic E-state index is 10.7. The van der Waals surface area contributed by atoms with Gasteiger partial charge in [0.15, 0.2) is 0 Å². The van der Waals surface area contributed by atoms with Crippen molar-refractivity contribution in [1.29, 1.82) is 0 Å². The van der Waals surface area contributed by atoms with Gasteiger partial charge in [0, 0.05) is 24.6 Å². The van der Waals surface area contributed by atoms with Gasteiger partial charge in [-0.15, -0.1) is 0 Å². The molecule has 1 saturated heterocycles. The number of nitro benzene ring substituents is 1. The number of ether oxygens (including phenoxy) is 1. The molecule has 19 heavy (non-hydrogen) atoms. The van der Waals surface area contributed by atoms with Gasteiger partial charge >= 0.3 is 0 Å². The largest absolute Gasteiger partial charge is 0.470 e. The Kier molecular flexibility index (Phi) is 3.31. The normalized spacial score (nSPS) is 18.8. The highest BCUT2D eigenvalue weighted by molar-refractivity contribution is 7.20. The van der Waals surface area contributed by atoms with Gasteiger partial charge in [0.2, 0.25) is 0 Å². The zero-order chi connectivity index (χ0) is 13.2. The number of non-ortho nitro benzene ring substituents is 1. The molecule has 2 heterocycles. The Bertz CT molecular complexity index is 607. The molecule has 1 fully saturated rings. The molecule has 0 spiro atoms. The monoisotopic (exact) mass is 279 g/mol. The Hall–Kier alpha value is -1.73. The molecular formula is C12H13N3O3S. The van der Waals surface area contributed by atoms with Crippen LogP contribution in [-0.2, 0) is 0 Å². The van der Waals surface area contributed by atoms with Crippen LogP contribution >= 0.6 is 11.3 Å². The van der Waals surface area contributed by atoms with Crippen LogP contribution in [0.15, 0.2) is 18.2 Å². The maximum absolute atomic E-state index is 10.7. The number of hydrogen-bond donors (Lipinski definition) is 1. The summed E-state index contributed by atoms with van der Waals surface area (Å²) in [6.07, 6.45) is 1.12. The summed E-state index contributed by atoms with van der Waals surface area (Å²) in [5.74, 6) is 0.529. The highest BCUT2D eigenvalue weighted by atomic mass is 32.1. The summed E-state index contributed by atoms with van der Waals surface area (Å²) in [6, 6.07) is 4.69. The topological polar surface area (TPSA) is 77.3 Å². The lowest BCUT2D eigenvalue weighted by atomic mass is 10.1. The molecule has 1 aliphatic heterocycles. The van der Waals surface area contributed by atoms with Crippen LogP contribution in [0.4, 0.5) is 5.69 Å². The predicted molar refractivity (Wildman–Crippen MR) is 72.7 cm³/mol. The third-order valence-electron chi connectivity index (χ3n) is 3.17. The van der Waals surface area contributed by atoms with Crippen molar-refractivity contribution in [1.82, 2.24) is 10.3 Å². The average Bonchev–Trinajstić information content (AvgIpc) is 3.04. The van der Waals surface area contributed by atoms with Crippen LogP contribution in [-0.4, -0.2) is 29.6 Å². The fourth-order valence-corrected chi connectivity index (χ4v) is 2.92. The van der Waals surface area contributed by atoms with Crippen LogP contribution in [0.3, 0.4) is 0 Å². The summed E-state index contributed by atoms with van der Waals surface area (Å²) in [4.78, 5) is 14.6. The summed E-state index contributed by atoms with van der Waals surface area (Å²) < 4.78 is 6.58. The Morgan fingerprint density at radius 3 is 3.21 bits per heavy atom. The molecule has 1 aromatic heterocycles. The smallest absolute Gasteiger partial charge is 0.274 e. The number of nitrogens with one attached hydrogen (secondary N) is 1. The first-order valence-corrected chi connectivity index (χ1v) is 6.92. The molecule has 2 aromatic rings. The van der Waals surface area contributed by atoms with E-state index in [1.54, 1.807) is 6.07 Å². The molecule has 3 rings (SSSR count). The minimum absolute atomic E-state index is 0.0596. The molecule has 1 aromatic carbocycles. The molecule has 0 radical (unpaired) electrons. The molecule has 0 bridgehead atoms. The van der Waals surface area contributed by atoms with Crippen molar-refractivity contribution < 1.29 is 9.66 Å². The number of fused-ring (bicyclic) bond motifs is 1. The van der Waals surface area contributed by atoms with Crippen LogP contribution in [0.1, 0.15) is 6.42 Å². The fraction of sp³-hybridized carbons (Fsp3) is 0.417. The SMILES string of the molecule is O=[N+]([O-])c1ccc2sc(OC[C@H]3CCNC3)nc2c1. The Labute approximate surface area is 113 Å². The molecule has 0 aliphatic carbocycles. The third kappa shape index (κ3) is 2.66. The molecule has 7 heteroatoms. The first-order valence-electron chi connectivity index (χ1n) is 6.11. The van der Waals surface area contributed by atoms with E-state index in [2.05, 4.69) is 10.3 Å². The van der Waals surface area contributed by atoms with Gasteiger partial charge in [0.1, 0.15) is 0 Å². The fourth-order valence-electron chi connectivity index (χ4n) is 2.12. The van der Waals surface area contributed by atoms with Crippen LogP contribution < -0.4 is 10.1 Å². The van der Waals surface area contributed by atoms with Crippen molar-refractivity contribution in [2.24, 2.45) is 5.92 Å². The van der Waals surface area contributed by atoms with Gasteiger partial charge in [-0.3, -0.25) is 10.1 Å². The lowest BCUT2D eigenvalue weighted by Crippen LogP contribution is -2.15. The summed E-state index contributed by atoms with van der Waals surface area (Å²) in [6.45, 7) is 2.67. The van der Waals surface area contributed by atoms with Crippen molar-refractivity contribution >= 4 is 27.2 Å². The van der Waals surface area contributed by atoms with Gasteiger partial charge in [0.05, 0.1) is 21.7 Å². The zero-order valence-electron chi connectivity index (χ0n) is 10.2. The van der Waals surface area contributed by atoms with Gasteiger partial charge in [-0.1, -0.05) is 11.3 Å². The zero-order valence-corrected chi connectivity index (χ0v) is 11.0. The molecular weight excluding hydrogens is 266 g/mol. The molecule has 1 N–H and O–H groups in total. The van der Waals surface area contributed by atoms with E-state index < -0.39 is 4.92 Å². The van der Waals surface area contributed by atoms with E-state index in [1.165, 1.54) is 23.5 Å². The number of thiazole rings is 1. The van der Waals surface area contributed by atoms with Crippen LogP contribution in [0, 0.1) is 16.0 Å². The highest BCUT2D eigenvalue weighted by Gasteiger charge is 2.16. The van der Waals surface area contributed by atoms with Gasteiger partial charge in [0.25, 0.3) is 10.9 Å². The summed E-state index contributed by atoms with van der Waals surface area (Å²) in [5, 5.41) is 14.6. The average molecular weight is 279 g/mol. The molecule has 0 amide bonds. The lowest BCUT2D eigenvalue weighted by molar-refractivity contribution is -0.384. The number of hydrogen-bond acceptors (Lipinski definition) is 6. The van der Waals surface area contributed by atoms with Crippen LogP contribution in [0.2, 0.25) is 0 Å². The first-order chi connectivity index (χ1) is 9.22. The predicted octanol–water partition coefficient (Wildman–Crippen LogP) is 2.19. The number of nitro groups is 1. The summed E-state index contributed by atoms with van der Waals surface area (Å²) in [5.41, 5.74) is 0.683. The first kappa shape index (κ1) is 12.3. The van der Waals surface area contributed by atoms with Gasteiger partial charge < -0.3 is 10.1 Å². The van der Waals surface area contributed by atoms with E-state index in [0.29, 0.717) is 23.2 Å². The molecule has 0 unspecified atom stereocenters. The summed E-state index contributed by atoms with van der Waals surface area (Å²) >= 11 is 1.42. The number of rotatable bonds is 4. The van der Waals surface area contributed by atoms with E-state index in [9.17, 15) is 10.1 Å². The van der Waals surface area contributed by atoms with Crippen LogP contribution in [0.5, 0.6) is 5.19 Å². The van der Waals surface area contributed by atoms with Gasteiger partial charge in [-0.2, -0.15) is 0 Å². The standard InChI is InChI=1S/C12H13N3O3S/c16-15(17)9-1-2-11-10(5-9)14-12(19-11)18-7-8-3-4-13-6-8/h1-2,5,8,13H,3-4,6-7H2/t8-/m0/s1. The van der Waals surface area contributed by atoms with Gasteiger partial charge in [-0.05, 0) is 19.0 Å². The number of aromatic nitrogens is 1. The Morgan fingerprint density at radius 1 is 1.58 bits per heavy atom.